The van der Waals surface area contributed by atoms with Gasteiger partial charge in [0.1, 0.15) is 6.61 Å². The van der Waals surface area contributed by atoms with Crippen LogP contribution in [0.4, 0.5) is 0 Å². The van der Waals surface area contributed by atoms with Crippen LogP contribution in [0.15, 0.2) is 36.5 Å². The number of hydrogen-bond donors (Lipinski definition) is 1. The highest BCUT2D eigenvalue weighted by Crippen LogP contribution is 2.29. The molecule has 1 rings (SSSR count). The second-order valence-corrected chi connectivity index (χ2v) is 13.8. The second-order valence-electron chi connectivity index (χ2n) is 13.8. The highest BCUT2D eigenvalue weighted by Gasteiger charge is 2.35. The number of aliphatic hydroxyl groups is 1. The van der Waals surface area contributed by atoms with E-state index in [0.717, 1.165) is 44.9 Å². The number of unbranched alkanes of at least 4 members (excludes halogenated alkanes) is 19. The third-order valence-corrected chi connectivity index (χ3v) is 9.09. The molecule has 0 amide bonds. The van der Waals surface area contributed by atoms with E-state index in [0.29, 0.717) is 25.0 Å². The monoisotopic (exact) mass is 675 g/mol. The zero-order valence-corrected chi connectivity index (χ0v) is 31.2. The summed E-state index contributed by atoms with van der Waals surface area (Å²) in [7, 11) is 0. The first-order valence-electron chi connectivity index (χ1n) is 20.2. The van der Waals surface area contributed by atoms with Crippen molar-refractivity contribution in [2.75, 3.05) is 13.2 Å². The SMILES string of the molecule is CCCCC/C=C\CC1OC1C/C=C\C/C=C\CCCC(=O)O[C@@H](CO)COC(=O)CCCCCCCCCCCCCCCCCC. The van der Waals surface area contributed by atoms with Gasteiger partial charge in [-0.05, 0) is 51.4 Å². The Morgan fingerprint density at radius 1 is 0.583 bits per heavy atom. The molecule has 278 valence electrons. The Labute approximate surface area is 295 Å². The molecule has 1 saturated heterocycles. The van der Waals surface area contributed by atoms with Gasteiger partial charge in [-0.2, -0.15) is 0 Å². The molecule has 0 aromatic heterocycles. The summed E-state index contributed by atoms with van der Waals surface area (Å²) >= 11 is 0. The van der Waals surface area contributed by atoms with Crippen LogP contribution in [0.3, 0.4) is 0 Å². The zero-order valence-electron chi connectivity index (χ0n) is 31.2. The largest absolute Gasteiger partial charge is 0.462 e. The first-order chi connectivity index (χ1) is 23.6. The van der Waals surface area contributed by atoms with Crippen molar-refractivity contribution in [3.63, 3.8) is 0 Å². The van der Waals surface area contributed by atoms with Gasteiger partial charge in [-0.25, -0.2) is 0 Å². The minimum absolute atomic E-state index is 0.0887. The van der Waals surface area contributed by atoms with Crippen molar-refractivity contribution in [3.05, 3.63) is 36.5 Å². The molecular weight excluding hydrogens is 600 g/mol. The standard InChI is InChI=1S/C42H74O6/c1-3-5-7-9-11-12-13-14-15-16-17-18-19-22-26-30-34-41(44)46-37-38(36-43)47-42(45)35-31-27-23-20-21-25-29-33-40-39(48-40)32-28-24-10-8-6-4-2/h20,23-25,28-29,38-40,43H,3-19,21-22,26-27,30-37H2,1-2H3/b23-20-,28-24-,29-25-/t38-,39?,40?/m0/s1. The van der Waals surface area contributed by atoms with Crippen LogP contribution < -0.4 is 0 Å². The van der Waals surface area contributed by atoms with Crippen LogP contribution in [-0.4, -0.2) is 48.6 Å². The van der Waals surface area contributed by atoms with Crippen LogP contribution >= 0.6 is 0 Å². The minimum Gasteiger partial charge on any atom is -0.462 e. The predicted molar refractivity (Wildman–Crippen MR) is 200 cm³/mol. The second kappa shape index (κ2) is 33.6. The predicted octanol–water partition coefficient (Wildman–Crippen LogP) is 11.4. The number of carbonyl (C=O) groups excluding carboxylic acids is 2. The summed E-state index contributed by atoms with van der Waals surface area (Å²) in [5, 5.41) is 9.56. The fraction of sp³-hybridized carbons (Fsp3) is 0.810. The lowest BCUT2D eigenvalue weighted by Gasteiger charge is -2.15. The van der Waals surface area contributed by atoms with Crippen LogP contribution in [0.25, 0.3) is 0 Å². The molecule has 0 aromatic carbocycles. The van der Waals surface area contributed by atoms with Crippen molar-refractivity contribution >= 4 is 11.9 Å². The van der Waals surface area contributed by atoms with Gasteiger partial charge >= 0.3 is 11.9 Å². The maximum atomic E-state index is 12.2. The molecule has 6 nitrogen and oxygen atoms in total. The first-order valence-corrected chi connectivity index (χ1v) is 20.2. The molecule has 0 saturated carbocycles. The molecular formula is C42H74O6. The van der Waals surface area contributed by atoms with E-state index >= 15 is 0 Å². The van der Waals surface area contributed by atoms with Gasteiger partial charge in [-0.3, -0.25) is 9.59 Å². The number of allylic oxidation sites excluding steroid dienone is 4. The van der Waals surface area contributed by atoms with Crippen molar-refractivity contribution in [1.82, 2.24) is 0 Å². The molecule has 1 fully saturated rings. The number of ether oxygens (including phenoxy) is 3. The van der Waals surface area contributed by atoms with Crippen molar-refractivity contribution in [2.24, 2.45) is 0 Å². The lowest BCUT2D eigenvalue weighted by atomic mass is 10.0. The van der Waals surface area contributed by atoms with Crippen molar-refractivity contribution < 1.29 is 28.9 Å². The molecule has 1 aliphatic rings. The fourth-order valence-electron chi connectivity index (χ4n) is 5.88. The normalized spacial score (nSPS) is 16.7. The number of epoxide rings is 1. The Balaban J connectivity index is 1.91. The molecule has 48 heavy (non-hydrogen) atoms. The number of carbonyl (C=O) groups is 2. The summed E-state index contributed by atoms with van der Waals surface area (Å²) < 4.78 is 16.3. The number of rotatable bonds is 35. The molecule has 1 N–H and O–H groups in total. The number of aliphatic hydroxyl groups excluding tert-OH is 1. The van der Waals surface area contributed by atoms with Crippen LogP contribution in [0.5, 0.6) is 0 Å². The third-order valence-electron chi connectivity index (χ3n) is 9.09. The van der Waals surface area contributed by atoms with Crippen LogP contribution in [0.2, 0.25) is 0 Å². The van der Waals surface area contributed by atoms with Crippen LogP contribution in [0.1, 0.15) is 187 Å². The summed E-state index contributed by atoms with van der Waals surface area (Å²) in [6.07, 6.45) is 43.8. The lowest BCUT2D eigenvalue weighted by molar-refractivity contribution is -0.161. The molecule has 0 spiro atoms. The summed E-state index contributed by atoms with van der Waals surface area (Å²) in [5.41, 5.74) is 0. The highest BCUT2D eigenvalue weighted by atomic mass is 16.6. The maximum Gasteiger partial charge on any atom is 0.306 e. The van der Waals surface area contributed by atoms with E-state index in [2.05, 4.69) is 50.3 Å². The summed E-state index contributed by atoms with van der Waals surface area (Å²) in [6, 6.07) is 0. The number of esters is 2. The number of hydrogen-bond acceptors (Lipinski definition) is 6. The topological polar surface area (TPSA) is 85.4 Å². The Bertz CT molecular complexity index is 834. The first kappa shape index (κ1) is 44.1. The Kier molecular flexibility index (Phi) is 30.8. The minimum atomic E-state index is -0.801. The average molecular weight is 675 g/mol. The van der Waals surface area contributed by atoms with Crippen molar-refractivity contribution in [3.8, 4) is 0 Å². The molecule has 1 heterocycles. The quantitative estimate of drug-likeness (QED) is 0.0312. The van der Waals surface area contributed by atoms with Gasteiger partial charge in [0.05, 0.1) is 18.8 Å². The van der Waals surface area contributed by atoms with Crippen molar-refractivity contribution in [2.45, 2.75) is 206 Å². The van der Waals surface area contributed by atoms with E-state index in [1.54, 1.807) is 0 Å². The fourth-order valence-corrected chi connectivity index (χ4v) is 5.88. The summed E-state index contributed by atoms with van der Waals surface area (Å²) in [5.74, 6) is -0.658. The van der Waals surface area contributed by atoms with Gasteiger partial charge in [-0.15, -0.1) is 0 Å². The van der Waals surface area contributed by atoms with E-state index in [9.17, 15) is 14.7 Å². The molecule has 0 aliphatic carbocycles. The van der Waals surface area contributed by atoms with E-state index in [4.69, 9.17) is 14.2 Å². The summed E-state index contributed by atoms with van der Waals surface area (Å²) in [6.45, 7) is 4.06. The molecule has 0 bridgehead atoms. The van der Waals surface area contributed by atoms with Crippen LogP contribution in [0, 0.1) is 0 Å². The Morgan fingerprint density at radius 3 is 1.62 bits per heavy atom. The van der Waals surface area contributed by atoms with Crippen LogP contribution in [-0.2, 0) is 23.8 Å². The molecule has 0 aromatic rings. The van der Waals surface area contributed by atoms with Gasteiger partial charge in [-0.1, -0.05) is 159 Å². The third kappa shape index (κ3) is 29.0. The molecule has 6 heteroatoms. The maximum absolute atomic E-state index is 12.2. The Hall–Kier alpha value is -1.92. The molecule has 2 unspecified atom stereocenters. The summed E-state index contributed by atoms with van der Waals surface area (Å²) in [4.78, 5) is 24.3. The molecule has 0 radical (unpaired) electrons. The van der Waals surface area contributed by atoms with E-state index in [-0.39, 0.29) is 31.6 Å². The zero-order chi connectivity index (χ0) is 34.8. The van der Waals surface area contributed by atoms with Crippen molar-refractivity contribution in [1.29, 1.82) is 0 Å². The van der Waals surface area contributed by atoms with Gasteiger partial charge in [0.25, 0.3) is 0 Å². The lowest BCUT2D eigenvalue weighted by Crippen LogP contribution is -2.28. The van der Waals surface area contributed by atoms with Gasteiger partial charge in [0, 0.05) is 12.8 Å². The smallest absolute Gasteiger partial charge is 0.306 e. The average Bonchev–Trinajstić information content (AvgIpc) is 3.84. The Morgan fingerprint density at radius 2 is 1.04 bits per heavy atom. The van der Waals surface area contributed by atoms with Gasteiger partial charge < -0.3 is 19.3 Å². The van der Waals surface area contributed by atoms with E-state index in [1.165, 1.54) is 109 Å². The van der Waals surface area contributed by atoms with E-state index in [1.807, 2.05) is 0 Å². The van der Waals surface area contributed by atoms with Gasteiger partial charge in [0.15, 0.2) is 6.10 Å². The highest BCUT2D eigenvalue weighted by molar-refractivity contribution is 5.70. The molecule has 1 aliphatic heterocycles. The van der Waals surface area contributed by atoms with E-state index < -0.39 is 6.10 Å². The molecule has 3 atom stereocenters. The van der Waals surface area contributed by atoms with Gasteiger partial charge in [0.2, 0.25) is 0 Å².